The van der Waals surface area contributed by atoms with E-state index < -0.39 is 15.8 Å². The fraction of sp³-hybridized carbons (Fsp3) is 0.0769. The van der Waals surface area contributed by atoms with Gasteiger partial charge in [-0.15, -0.1) is 0 Å². The lowest BCUT2D eigenvalue weighted by molar-refractivity contribution is 0.0697. The molecule has 0 fully saturated rings. The molecule has 0 aliphatic rings. The molecule has 0 amide bonds. The summed E-state index contributed by atoms with van der Waals surface area (Å²) in [5.41, 5.74) is 5.84. The highest BCUT2D eigenvalue weighted by atomic mass is 32.2. The second-order valence-corrected chi connectivity index (χ2v) is 7.31. The van der Waals surface area contributed by atoms with Crippen molar-refractivity contribution in [2.75, 3.05) is 12.0 Å². The Labute approximate surface area is 125 Å². The van der Waals surface area contributed by atoms with Crippen LogP contribution in [0.25, 0.3) is 0 Å². The van der Waals surface area contributed by atoms with Crippen LogP contribution in [0.3, 0.4) is 0 Å². The van der Waals surface area contributed by atoms with Gasteiger partial charge in [-0.25, -0.2) is 18.2 Å². The van der Waals surface area contributed by atoms with Crippen molar-refractivity contribution in [2.24, 2.45) is 0 Å². The van der Waals surface area contributed by atoms with Crippen molar-refractivity contribution in [3.05, 3.63) is 42.1 Å². The monoisotopic (exact) mass is 324 g/mol. The first-order chi connectivity index (χ1) is 9.79. The van der Waals surface area contributed by atoms with Gasteiger partial charge in [0.05, 0.1) is 16.1 Å². The zero-order chi connectivity index (χ0) is 15.6. The summed E-state index contributed by atoms with van der Waals surface area (Å²) in [4.78, 5) is 16.0. The Morgan fingerprint density at radius 1 is 1.24 bits per heavy atom. The van der Waals surface area contributed by atoms with Gasteiger partial charge in [0.15, 0.2) is 9.84 Å². The number of nitrogens with zero attached hydrogens (tertiary/aromatic N) is 1. The molecule has 2 aromatic rings. The fourth-order valence-electron chi connectivity index (χ4n) is 1.59. The minimum Gasteiger partial charge on any atom is -0.478 e. The van der Waals surface area contributed by atoms with E-state index in [9.17, 15) is 13.2 Å². The molecule has 0 atom stereocenters. The molecule has 6 nitrogen and oxygen atoms in total. The lowest BCUT2D eigenvalue weighted by atomic mass is 10.2. The second kappa shape index (κ2) is 5.74. The van der Waals surface area contributed by atoms with Crippen molar-refractivity contribution in [3.8, 4) is 0 Å². The summed E-state index contributed by atoms with van der Waals surface area (Å²) in [6.45, 7) is 0. The lowest BCUT2D eigenvalue weighted by Gasteiger charge is -2.07. The molecular weight excluding hydrogens is 312 g/mol. The van der Waals surface area contributed by atoms with Gasteiger partial charge in [0.2, 0.25) is 0 Å². The number of sulfone groups is 1. The van der Waals surface area contributed by atoms with E-state index >= 15 is 0 Å². The van der Waals surface area contributed by atoms with Crippen molar-refractivity contribution in [2.45, 2.75) is 14.8 Å². The largest absolute Gasteiger partial charge is 0.478 e. The highest BCUT2D eigenvalue weighted by molar-refractivity contribution is 7.99. The average molecular weight is 324 g/mol. The van der Waals surface area contributed by atoms with Gasteiger partial charge in [0, 0.05) is 17.3 Å². The second-order valence-electron chi connectivity index (χ2n) is 4.23. The molecule has 21 heavy (non-hydrogen) atoms. The van der Waals surface area contributed by atoms with Crippen molar-refractivity contribution in [3.63, 3.8) is 0 Å². The van der Waals surface area contributed by atoms with Gasteiger partial charge in [0.1, 0.15) is 5.03 Å². The van der Waals surface area contributed by atoms with Crippen LogP contribution in [0, 0.1) is 0 Å². The highest BCUT2D eigenvalue weighted by Gasteiger charge is 2.13. The lowest BCUT2D eigenvalue weighted by Crippen LogP contribution is -2.04. The maximum atomic E-state index is 11.4. The Bertz CT molecular complexity index is 786. The van der Waals surface area contributed by atoms with Crippen LogP contribution in [0.1, 0.15) is 10.4 Å². The Morgan fingerprint density at radius 3 is 2.38 bits per heavy atom. The van der Waals surface area contributed by atoms with Crippen LogP contribution in [-0.2, 0) is 9.84 Å². The maximum Gasteiger partial charge on any atom is 0.337 e. The first-order valence-electron chi connectivity index (χ1n) is 5.75. The third kappa shape index (κ3) is 3.53. The Hall–Kier alpha value is -2.06. The Balaban J connectivity index is 2.31. The van der Waals surface area contributed by atoms with Gasteiger partial charge in [-0.3, -0.25) is 0 Å². The van der Waals surface area contributed by atoms with E-state index in [2.05, 4.69) is 4.98 Å². The van der Waals surface area contributed by atoms with E-state index in [0.29, 0.717) is 9.92 Å². The van der Waals surface area contributed by atoms with E-state index in [1.165, 1.54) is 36.2 Å². The average Bonchev–Trinajstić information content (AvgIpc) is 2.40. The number of anilines is 1. The predicted octanol–water partition coefficient (Wildman–Crippen LogP) is 1.92. The van der Waals surface area contributed by atoms with Crippen molar-refractivity contribution in [1.29, 1.82) is 0 Å². The molecule has 0 aliphatic heterocycles. The van der Waals surface area contributed by atoms with Crippen LogP contribution in [0.2, 0.25) is 0 Å². The van der Waals surface area contributed by atoms with Crippen LogP contribution < -0.4 is 5.73 Å². The van der Waals surface area contributed by atoms with Crippen LogP contribution in [-0.4, -0.2) is 30.7 Å². The van der Waals surface area contributed by atoms with Crippen LogP contribution in [0.4, 0.5) is 5.69 Å². The molecule has 0 spiro atoms. The molecule has 0 unspecified atom stereocenters. The van der Waals surface area contributed by atoms with Gasteiger partial charge in [-0.1, -0.05) is 11.8 Å². The number of aromatic nitrogens is 1. The molecule has 0 bridgehead atoms. The van der Waals surface area contributed by atoms with Gasteiger partial charge >= 0.3 is 5.97 Å². The molecule has 3 N–H and O–H groups in total. The number of nitrogen functional groups attached to an aromatic ring is 1. The number of carboxylic acid groups (broad SMARTS) is 1. The van der Waals surface area contributed by atoms with Crippen LogP contribution in [0.15, 0.2) is 51.3 Å². The highest BCUT2D eigenvalue weighted by Crippen LogP contribution is 2.32. The number of nitrogens with two attached hydrogens (primary N) is 1. The van der Waals surface area contributed by atoms with Crippen molar-refractivity contribution in [1.82, 2.24) is 4.98 Å². The summed E-state index contributed by atoms with van der Waals surface area (Å²) in [7, 11) is -3.25. The Kier molecular flexibility index (Phi) is 4.19. The SMILES string of the molecule is CS(=O)(=O)c1ccc(Sc2nccc(C(=O)O)c2N)cc1. The quantitative estimate of drug-likeness (QED) is 0.883. The molecule has 1 heterocycles. The first kappa shape index (κ1) is 15.3. The molecular formula is C13H12N2O4S2. The summed E-state index contributed by atoms with van der Waals surface area (Å²) < 4.78 is 22.7. The zero-order valence-corrected chi connectivity index (χ0v) is 12.6. The molecule has 0 saturated heterocycles. The number of carboxylic acids is 1. The number of carbonyl (C=O) groups is 1. The van der Waals surface area contributed by atoms with E-state index in [-0.39, 0.29) is 16.1 Å². The normalized spacial score (nSPS) is 11.3. The fourth-order valence-corrected chi connectivity index (χ4v) is 3.05. The molecule has 8 heteroatoms. The number of rotatable bonds is 4. The number of benzene rings is 1. The smallest absolute Gasteiger partial charge is 0.337 e. The predicted molar refractivity (Wildman–Crippen MR) is 79.3 cm³/mol. The molecule has 0 aliphatic carbocycles. The summed E-state index contributed by atoms with van der Waals surface area (Å²) in [5, 5.41) is 9.36. The summed E-state index contributed by atoms with van der Waals surface area (Å²) in [6, 6.07) is 7.53. The molecule has 1 aromatic heterocycles. The third-order valence-corrected chi connectivity index (χ3v) is 4.81. The first-order valence-corrected chi connectivity index (χ1v) is 8.45. The number of aromatic carboxylic acids is 1. The van der Waals surface area contributed by atoms with E-state index in [0.717, 1.165) is 6.26 Å². The molecule has 0 saturated carbocycles. The number of hydrogen-bond acceptors (Lipinski definition) is 6. The summed E-state index contributed by atoms with van der Waals surface area (Å²) >= 11 is 1.17. The van der Waals surface area contributed by atoms with Crippen LogP contribution >= 0.6 is 11.8 Å². The van der Waals surface area contributed by atoms with Gasteiger partial charge in [-0.05, 0) is 30.3 Å². The zero-order valence-electron chi connectivity index (χ0n) is 11.0. The number of pyridine rings is 1. The molecule has 110 valence electrons. The third-order valence-electron chi connectivity index (χ3n) is 2.65. The Morgan fingerprint density at radius 2 is 1.86 bits per heavy atom. The molecule has 1 aromatic carbocycles. The van der Waals surface area contributed by atoms with Crippen molar-refractivity contribution < 1.29 is 18.3 Å². The molecule has 0 radical (unpaired) electrons. The minimum atomic E-state index is -3.25. The van der Waals surface area contributed by atoms with E-state index in [4.69, 9.17) is 10.8 Å². The van der Waals surface area contributed by atoms with Crippen molar-refractivity contribution >= 4 is 33.3 Å². The van der Waals surface area contributed by atoms with E-state index in [1.54, 1.807) is 12.1 Å². The maximum absolute atomic E-state index is 11.4. The van der Waals surface area contributed by atoms with Crippen LogP contribution in [0.5, 0.6) is 0 Å². The summed E-state index contributed by atoms with van der Waals surface area (Å²) in [6.07, 6.45) is 2.50. The van der Waals surface area contributed by atoms with Gasteiger partial charge < -0.3 is 10.8 Å². The number of hydrogen-bond donors (Lipinski definition) is 2. The minimum absolute atomic E-state index is 0.0137. The van der Waals surface area contributed by atoms with Gasteiger partial charge in [0.25, 0.3) is 0 Å². The summed E-state index contributed by atoms with van der Waals surface area (Å²) in [5.74, 6) is -1.12. The topological polar surface area (TPSA) is 110 Å². The molecule has 2 rings (SSSR count). The standard InChI is InChI=1S/C13H12N2O4S2/c1-21(18,19)9-4-2-8(3-5-9)20-12-11(14)10(13(16)17)6-7-15-12/h2-7H,14H2,1H3,(H,16,17). The van der Waals surface area contributed by atoms with E-state index in [1.807, 2.05) is 0 Å². The van der Waals surface area contributed by atoms with Gasteiger partial charge in [-0.2, -0.15) is 0 Å².